The van der Waals surface area contributed by atoms with Crippen LogP contribution < -0.4 is 5.32 Å². The Morgan fingerprint density at radius 1 is 1.03 bits per heavy atom. The number of ketones is 1. The lowest BCUT2D eigenvalue weighted by Crippen LogP contribution is -2.41. The average Bonchev–Trinajstić information content (AvgIpc) is 2.78. The second kappa shape index (κ2) is 9.95. The molecule has 168 valence electrons. The summed E-state index contributed by atoms with van der Waals surface area (Å²) in [5.74, 6) is -0.191. The van der Waals surface area contributed by atoms with Crippen LogP contribution in [0.15, 0.2) is 53.4 Å². The van der Waals surface area contributed by atoms with Crippen LogP contribution in [-0.4, -0.2) is 44.2 Å². The predicted octanol–water partition coefficient (Wildman–Crippen LogP) is 3.53. The predicted molar refractivity (Wildman–Crippen MR) is 123 cm³/mol. The molecule has 2 saturated heterocycles. The van der Waals surface area contributed by atoms with E-state index in [0.717, 1.165) is 48.9 Å². The first-order chi connectivity index (χ1) is 15.5. The summed E-state index contributed by atoms with van der Waals surface area (Å²) < 4.78 is 26.5. The van der Waals surface area contributed by atoms with Crippen LogP contribution in [0.3, 0.4) is 0 Å². The van der Waals surface area contributed by atoms with Crippen LogP contribution in [0, 0.1) is 17.2 Å². The van der Waals surface area contributed by atoms with Crippen molar-refractivity contribution in [1.29, 1.82) is 5.26 Å². The molecule has 0 radical (unpaired) electrons. The molecule has 2 aromatic rings. The van der Waals surface area contributed by atoms with E-state index in [-0.39, 0.29) is 24.2 Å². The highest BCUT2D eigenvalue weighted by Gasteiger charge is 2.29. The van der Waals surface area contributed by atoms with Crippen molar-refractivity contribution < 1.29 is 13.2 Å². The van der Waals surface area contributed by atoms with Gasteiger partial charge in [0.1, 0.15) is 0 Å². The summed E-state index contributed by atoms with van der Waals surface area (Å²) in [5, 5.41) is 12.8. The summed E-state index contributed by atoms with van der Waals surface area (Å²) in [6.07, 6.45) is 4.78. The standard InChI is InChI=1S/C25H29N3O3S/c26-18-20(17-25(29)24-4-1-2-13-27-24)16-19-5-7-21(8-6-19)22-9-11-23(12-10-22)32(30,31)28-14-3-15-28/h5-12,20,24,27H,1-4,13-17H2/t20-,24+/m1/s1. The number of nitrogens with zero attached hydrogens (tertiary/aromatic N) is 2. The van der Waals surface area contributed by atoms with E-state index >= 15 is 0 Å². The highest BCUT2D eigenvalue weighted by molar-refractivity contribution is 7.89. The van der Waals surface area contributed by atoms with Crippen molar-refractivity contribution in [3.8, 4) is 17.2 Å². The number of nitrogens with one attached hydrogen (secondary N) is 1. The molecule has 6 nitrogen and oxygen atoms in total. The molecule has 0 aliphatic carbocycles. The van der Waals surface area contributed by atoms with Gasteiger partial charge in [0.25, 0.3) is 0 Å². The van der Waals surface area contributed by atoms with Crippen molar-refractivity contribution in [2.24, 2.45) is 5.92 Å². The average molecular weight is 452 g/mol. The molecular formula is C25H29N3O3S. The Kier molecular flexibility index (Phi) is 7.04. The van der Waals surface area contributed by atoms with Gasteiger partial charge in [-0.3, -0.25) is 4.79 Å². The number of nitriles is 1. The third-order valence-corrected chi connectivity index (χ3v) is 8.32. The van der Waals surface area contributed by atoms with Gasteiger partial charge in [-0.05, 0) is 61.1 Å². The number of benzene rings is 2. The molecule has 0 amide bonds. The topological polar surface area (TPSA) is 90.3 Å². The van der Waals surface area contributed by atoms with E-state index in [4.69, 9.17) is 0 Å². The SMILES string of the molecule is N#C[C@@H](CC(=O)[C@@H]1CCCCN1)Cc1ccc(-c2ccc(S(=O)(=O)N3CCC3)cc2)cc1. The van der Waals surface area contributed by atoms with Gasteiger partial charge in [-0.1, -0.05) is 42.8 Å². The Labute approximate surface area is 190 Å². The van der Waals surface area contributed by atoms with Crippen LogP contribution in [0.1, 0.15) is 37.7 Å². The van der Waals surface area contributed by atoms with Gasteiger partial charge in [-0.25, -0.2) is 8.42 Å². The highest BCUT2D eigenvalue weighted by Crippen LogP contribution is 2.26. The van der Waals surface area contributed by atoms with E-state index in [1.165, 1.54) is 4.31 Å². The van der Waals surface area contributed by atoms with Crippen molar-refractivity contribution in [1.82, 2.24) is 9.62 Å². The molecule has 2 aromatic carbocycles. The monoisotopic (exact) mass is 451 g/mol. The number of sulfonamides is 1. The minimum absolute atomic E-state index is 0.102. The van der Waals surface area contributed by atoms with Crippen LogP contribution in [-0.2, 0) is 21.2 Å². The number of carbonyl (C=O) groups is 1. The third kappa shape index (κ3) is 5.09. The quantitative estimate of drug-likeness (QED) is 0.663. The normalized spacial score (nSPS) is 20.2. The lowest BCUT2D eigenvalue weighted by atomic mass is 9.90. The first-order valence-corrected chi connectivity index (χ1v) is 12.8. The molecule has 2 atom stereocenters. The first-order valence-electron chi connectivity index (χ1n) is 11.3. The fraction of sp³-hybridized carbons (Fsp3) is 0.440. The van der Waals surface area contributed by atoms with E-state index in [1.54, 1.807) is 12.1 Å². The number of rotatable bonds is 8. The van der Waals surface area contributed by atoms with Crippen LogP contribution >= 0.6 is 0 Å². The second-order valence-electron chi connectivity index (χ2n) is 8.68. The van der Waals surface area contributed by atoms with Gasteiger partial charge in [0.05, 0.1) is 22.9 Å². The molecular weight excluding hydrogens is 422 g/mol. The molecule has 0 unspecified atom stereocenters. The van der Waals surface area contributed by atoms with Gasteiger partial charge >= 0.3 is 0 Å². The van der Waals surface area contributed by atoms with E-state index in [2.05, 4.69) is 11.4 Å². The van der Waals surface area contributed by atoms with Gasteiger partial charge in [-0.15, -0.1) is 0 Å². The maximum absolute atomic E-state index is 12.5. The van der Waals surface area contributed by atoms with Crippen molar-refractivity contribution >= 4 is 15.8 Å². The molecule has 7 heteroatoms. The number of carbonyl (C=O) groups excluding carboxylic acids is 1. The number of hydrogen-bond acceptors (Lipinski definition) is 5. The van der Waals surface area contributed by atoms with Crippen molar-refractivity contribution in [3.05, 3.63) is 54.1 Å². The van der Waals surface area contributed by atoms with Gasteiger partial charge in [-0.2, -0.15) is 9.57 Å². The van der Waals surface area contributed by atoms with E-state index in [9.17, 15) is 18.5 Å². The minimum Gasteiger partial charge on any atom is -0.307 e. The van der Waals surface area contributed by atoms with Gasteiger partial charge in [0.15, 0.2) is 5.78 Å². The molecule has 2 fully saturated rings. The summed E-state index contributed by atoms with van der Waals surface area (Å²) in [7, 11) is -3.37. The van der Waals surface area contributed by atoms with E-state index < -0.39 is 10.0 Å². The molecule has 1 N–H and O–H groups in total. The molecule has 0 spiro atoms. The molecule has 32 heavy (non-hydrogen) atoms. The summed E-state index contributed by atoms with van der Waals surface area (Å²) in [6.45, 7) is 2.07. The zero-order valence-electron chi connectivity index (χ0n) is 18.2. The molecule has 0 saturated carbocycles. The Hall–Kier alpha value is -2.53. The lowest BCUT2D eigenvalue weighted by molar-refractivity contribution is -0.122. The maximum atomic E-state index is 12.5. The van der Waals surface area contributed by atoms with E-state index in [1.807, 2.05) is 36.4 Å². The van der Waals surface area contributed by atoms with Crippen LogP contribution in [0.4, 0.5) is 0 Å². The molecule has 2 heterocycles. The summed E-state index contributed by atoms with van der Waals surface area (Å²) in [4.78, 5) is 12.8. The van der Waals surface area contributed by atoms with Crippen molar-refractivity contribution in [2.75, 3.05) is 19.6 Å². The van der Waals surface area contributed by atoms with E-state index in [0.29, 0.717) is 24.4 Å². The molecule has 2 aliphatic rings. The largest absolute Gasteiger partial charge is 0.307 e. The first kappa shape index (κ1) is 22.7. The smallest absolute Gasteiger partial charge is 0.243 e. The third-order valence-electron chi connectivity index (χ3n) is 6.41. The highest BCUT2D eigenvalue weighted by atomic mass is 32.2. The Balaban J connectivity index is 1.38. The molecule has 0 aromatic heterocycles. The summed E-state index contributed by atoms with van der Waals surface area (Å²) in [5.41, 5.74) is 2.94. The molecule has 4 rings (SSSR count). The Morgan fingerprint density at radius 3 is 2.22 bits per heavy atom. The minimum atomic E-state index is -3.37. The number of hydrogen-bond donors (Lipinski definition) is 1. The van der Waals surface area contributed by atoms with Gasteiger partial charge in [0, 0.05) is 19.5 Å². The van der Waals surface area contributed by atoms with Gasteiger partial charge < -0.3 is 5.32 Å². The maximum Gasteiger partial charge on any atom is 0.243 e. The number of piperidine rings is 1. The van der Waals surface area contributed by atoms with Crippen molar-refractivity contribution in [2.45, 2.75) is 49.5 Å². The fourth-order valence-electron chi connectivity index (χ4n) is 4.29. The van der Waals surface area contributed by atoms with Crippen LogP contribution in [0.5, 0.6) is 0 Å². The summed E-state index contributed by atoms with van der Waals surface area (Å²) >= 11 is 0. The Bertz CT molecular complexity index is 1080. The molecule has 2 aliphatic heterocycles. The fourth-order valence-corrected chi connectivity index (χ4v) is 5.81. The zero-order valence-corrected chi connectivity index (χ0v) is 19.0. The van der Waals surface area contributed by atoms with Crippen LogP contribution in [0.2, 0.25) is 0 Å². The lowest BCUT2D eigenvalue weighted by Gasteiger charge is -2.29. The molecule has 0 bridgehead atoms. The second-order valence-corrected chi connectivity index (χ2v) is 10.6. The van der Waals surface area contributed by atoms with Crippen LogP contribution in [0.25, 0.3) is 11.1 Å². The zero-order chi connectivity index (χ0) is 22.6. The number of Topliss-reactive ketones (excluding diaryl/α,β-unsaturated/α-hetero) is 1. The Morgan fingerprint density at radius 2 is 1.69 bits per heavy atom. The summed E-state index contributed by atoms with van der Waals surface area (Å²) in [6, 6.07) is 17.1. The van der Waals surface area contributed by atoms with Crippen molar-refractivity contribution in [3.63, 3.8) is 0 Å². The van der Waals surface area contributed by atoms with Gasteiger partial charge in [0.2, 0.25) is 10.0 Å².